The summed E-state index contributed by atoms with van der Waals surface area (Å²) >= 11 is 0. The Morgan fingerprint density at radius 2 is 2.19 bits per heavy atom. The maximum Gasteiger partial charge on any atom is 0.160 e. The predicted octanol–water partition coefficient (Wildman–Crippen LogP) is 1.93. The Balaban J connectivity index is 1.70. The lowest BCUT2D eigenvalue weighted by Gasteiger charge is -2.23. The minimum Gasteiger partial charge on any atom is -0.381 e. The highest BCUT2D eigenvalue weighted by Crippen LogP contribution is 2.27. The molecule has 0 radical (unpaired) electrons. The zero-order valence-corrected chi connectivity index (χ0v) is 12.3. The normalized spacial score (nSPS) is 23.9. The van der Waals surface area contributed by atoms with Crippen molar-refractivity contribution >= 4 is 11.2 Å². The van der Waals surface area contributed by atoms with Gasteiger partial charge in [0.2, 0.25) is 0 Å². The molecule has 5 heteroatoms. The van der Waals surface area contributed by atoms with Gasteiger partial charge in [-0.2, -0.15) is 0 Å². The summed E-state index contributed by atoms with van der Waals surface area (Å²) in [6.07, 6.45) is 6.40. The molecule has 112 valence electrons. The predicted molar refractivity (Wildman–Crippen MR) is 81.3 cm³/mol. The van der Waals surface area contributed by atoms with E-state index in [9.17, 15) is 0 Å². The molecular formula is C16H22N4O. The van der Waals surface area contributed by atoms with Crippen molar-refractivity contribution in [3.8, 4) is 0 Å². The largest absolute Gasteiger partial charge is 0.381 e. The highest BCUT2D eigenvalue weighted by atomic mass is 16.5. The minimum atomic E-state index is 0.500. The van der Waals surface area contributed by atoms with E-state index < -0.39 is 0 Å². The Kier molecular flexibility index (Phi) is 3.61. The molecule has 0 spiro atoms. The summed E-state index contributed by atoms with van der Waals surface area (Å²) in [4.78, 5) is 9.47. The summed E-state index contributed by atoms with van der Waals surface area (Å²) < 4.78 is 7.87. The van der Waals surface area contributed by atoms with Gasteiger partial charge in [-0.05, 0) is 43.9 Å². The number of hydrogen-bond acceptors (Lipinski definition) is 4. The third-order valence-electron chi connectivity index (χ3n) is 4.73. The van der Waals surface area contributed by atoms with E-state index in [2.05, 4.69) is 20.9 Å². The van der Waals surface area contributed by atoms with Crippen LogP contribution in [0.4, 0.5) is 0 Å². The summed E-state index contributed by atoms with van der Waals surface area (Å²) in [7, 11) is 0. The van der Waals surface area contributed by atoms with Crippen LogP contribution < -0.4 is 5.32 Å². The summed E-state index contributed by atoms with van der Waals surface area (Å²) in [5, 5.41) is 3.46. The van der Waals surface area contributed by atoms with Crippen molar-refractivity contribution in [2.45, 2.75) is 31.7 Å². The van der Waals surface area contributed by atoms with Gasteiger partial charge < -0.3 is 14.6 Å². The van der Waals surface area contributed by atoms with Crippen LogP contribution in [0, 0.1) is 5.92 Å². The summed E-state index contributed by atoms with van der Waals surface area (Å²) in [5.74, 6) is 1.91. The molecule has 2 aliphatic rings. The van der Waals surface area contributed by atoms with Gasteiger partial charge in [0.05, 0.1) is 6.04 Å². The van der Waals surface area contributed by atoms with Crippen LogP contribution in [0.15, 0.2) is 18.3 Å². The van der Waals surface area contributed by atoms with E-state index in [1.165, 1.54) is 12.2 Å². The molecule has 5 nitrogen and oxygen atoms in total. The van der Waals surface area contributed by atoms with Crippen molar-refractivity contribution in [3.05, 3.63) is 24.2 Å². The molecule has 2 aliphatic heterocycles. The number of fused-ring (bicyclic) bond motifs is 1. The van der Waals surface area contributed by atoms with Crippen LogP contribution in [0.5, 0.6) is 0 Å². The van der Waals surface area contributed by atoms with E-state index in [1.54, 1.807) is 0 Å². The van der Waals surface area contributed by atoms with Crippen LogP contribution in [0.25, 0.3) is 11.2 Å². The van der Waals surface area contributed by atoms with Gasteiger partial charge in [-0.15, -0.1) is 0 Å². The van der Waals surface area contributed by atoms with Gasteiger partial charge in [-0.1, -0.05) is 0 Å². The number of pyridine rings is 1. The quantitative estimate of drug-likeness (QED) is 0.937. The molecule has 0 aliphatic carbocycles. The molecule has 0 bridgehead atoms. The van der Waals surface area contributed by atoms with E-state index in [0.29, 0.717) is 12.0 Å². The molecule has 0 amide bonds. The first-order chi connectivity index (χ1) is 10.4. The van der Waals surface area contributed by atoms with Gasteiger partial charge in [-0.25, -0.2) is 9.97 Å². The van der Waals surface area contributed by atoms with E-state index in [-0.39, 0.29) is 0 Å². The monoisotopic (exact) mass is 286 g/mol. The van der Waals surface area contributed by atoms with Gasteiger partial charge in [0, 0.05) is 32.4 Å². The lowest BCUT2D eigenvalue weighted by Crippen LogP contribution is -2.21. The fourth-order valence-corrected chi connectivity index (χ4v) is 3.57. The molecule has 1 N–H and O–H groups in total. The molecule has 2 aromatic rings. The van der Waals surface area contributed by atoms with Crippen molar-refractivity contribution < 1.29 is 4.74 Å². The summed E-state index contributed by atoms with van der Waals surface area (Å²) in [6, 6.07) is 4.55. The fourth-order valence-electron chi connectivity index (χ4n) is 3.57. The Hall–Kier alpha value is -1.46. The van der Waals surface area contributed by atoms with Crippen LogP contribution in [-0.2, 0) is 11.2 Å². The average Bonchev–Trinajstić information content (AvgIpc) is 3.14. The second kappa shape index (κ2) is 5.73. The number of rotatable bonds is 3. The first kappa shape index (κ1) is 13.2. The standard InChI is InChI=1S/C16H22N4O/c1-2-14-16(18-6-1)20(13-3-7-17-11-13)15(19-14)10-12-4-8-21-9-5-12/h1-2,6,12-13,17H,3-5,7-11H2. The molecule has 0 saturated carbocycles. The number of nitrogens with zero attached hydrogens (tertiary/aromatic N) is 3. The maximum atomic E-state index is 5.48. The highest BCUT2D eigenvalue weighted by molar-refractivity contribution is 5.71. The Morgan fingerprint density at radius 1 is 1.29 bits per heavy atom. The molecule has 4 heterocycles. The number of nitrogens with one attached hydrogen (secondary N) is 1. The Bertz CT molecular complexity index is 612. The zero-order valence-electron chi connectivity index (χ0n) is 12.3. The summed E-state index contributed by atoms with van der Waals surface area (Å²) in [6.45, 7) is 3.92. The van der Waals surface area contributed by atoms with Crippen molar-refractivity contribution in [1.29, 1.82) is 0 Å². The van der Waals surface area contributed by atoms with E-state index >= 15 is 0 Å². The molecule has 4 rings (SSSR count). The third kappa shape index (κ3) is 2.56. The topological polar surface area (TPSA) is 52.0 Å². The SMILES string of the molecule is c1cnc2c(c1)nc(CC1CCOCC1)n2C1CCNC1. The van der Waals surface area contributed by atoms with Crippen LogP contribution in [0.3, 0.4) is 0 Å². The fraction of sp³-hybridized carbons (Fsp3) is 0.625. The van der Waals surface area contributed by atoms with Gasteiger partial charge in [0.15, 0.2) is 5.65 Å². The molecule has 2 saturated heterocycles. The second-order valence-electron chi connectivity index (χ2n) is 6.15. The molecule has 21 heavy (non-hydrogen) atoms. The maximum absolute atomic E-state index is 5.48. The number of imidazole rings is 1. The molecule has 2 aromatic heterocycles. The Morgan fingerprint density at radius 3 is 3.00 bits per heavy atom. The molecule has 2 fully saturated rings. The van der Waals surface area contributed by atoms with Crippen LogP contribution >= 0.6 is 0 Å². The van der Waals surface area contributed by atoms with Gasteiger partial charge in [0.25, 0.3) is 0 Å². The molecule has 1 atom stereocenters. The van der Waals surface area contributed by atoms with Crippen molar-refractivity contribution in [2.75, 3.05) is 26.3 Å². The Labute approximate surface area is 124 Å². The third-order valence-corrected chi connectivity index (χ3v) is 4.73. The van der Waals surface area contributed by atoms with Crippen molar-refractivity contribution in [2.24, 2.45) is 5.92 Å². The summed E-state index contributed by atoms with van der Waals surface area (Å²) in [5.41, 5.74) is 2.08. The molecule has 1 unspecified atom stereocenters. The first-order valence-corrected chi connectivity index (χ1v) is 8.02. The van der Waals surface area contributed by atoms with Crippen LogP contribution in [-0.4, -0.2) is 40.8 Å². The average molecular weight is 286 g/mol. The van der Waals surface area contributed by atoms with Crippen LogP contribution in [0.2, 0.25) is 0 Å². The number of aromatic nitrogens is 3. The van der Waals surface area contributed by atoms with E-state index in [4.69, 9.17) is 9.72 Å². The number of hydrogen-bond donors (Lipinski definition) is 1. The molecule has 0 aromatic carbocycles. The second-order valence-corrected chi connectivity index (χ2v) is 6.15. The van der Waals surface area contributed by atoms with E-state index in [1.807, 2.05) is 12.3 Å². The van der Waals surface area contributed by atoms with Gasteiger partial charge in [0.1, 0.15) is 11.3 Å². The van der Waals surface area contributed by atoms with Crippen molar-refractivity contribution in [3.63, 3.8) is 0 Å². The minimum absolute atomic E-state index is 0.500. The highest BCUT2D eigenvalue weighted by Gasteiger charge is 2.25. The smallest absolute Gasteiger partial charge is 0.160 e. The first-order valence-electron chi connectivity index (χ1n) is 8.02. The lowest BCUT2D eigenvalue weighted by molar-refractivity contribution is 0.0657. The zero-order chi connectivity index (χ0) is 14.1. The van der Waals surface area contributed by atoms with Gasteiger partial charge >= 0.3 is 0 Å². The van der Waals surface area contributed by atoms with Crippen molar-refractivity contribution in [1.82, 2.24) is 19.9 Å². The lowest BCUT2D eigenvalue weighted by atomic mass is 9.96. The van der Waals surface area contributed by atoms with Crippen LogP contribution in [0.1, 0.15) is 31.1 Å². The van der Waals surface area contributed by atoms with E-state index in [0.717, 1.165) is 56.7 Å². The molecular weight excluding hydrogens is 264 g/mol. The van der Waals surface area contributed by atoms with Gasteiger partial charge in [-0.3, -0.25) is 0 Å². The number of ether oxygens (including phenoxy) is 1.